The van der Waals surface area contributed by atoms with E-state index in [-0.39, 0.29) is 11.7 Å². The van der Waals surface area contributed by atoms with Crippen LogP contribution in [0, 0.1) is 9.49 Å². The Kier molecular flexibility index (Phi) is 5.93. The zero-order valence-electron chi connectivity index (χ0n) is 14.7. The average Bonchev–Trinajstić information content (AvgIpc) is 2.63. The van der Waals surface area contributed by atoms with Gasteiger partial charge in [0.15, 0.2) is 5.78 Å². The summed E-state index contributed by atoms with van der Waals surface area (Å²) in [6.07, 6.45) is 1.74. The number of hydrogen-bond acceptors (Lipinski definition) is 3. The topological polar surface area (TPSA) is 66.6 Å². The van der Waals surface area contributed by atoms with Gasteiger partial charge in [-0.25, -0.2) is 4.79 Å². The lowest BCUT2D eigenvalue weighted by atomic mass is 9.89. The number of piperidine rings is 1. The lowest BCUT2D eigenvalue weighted by molar-refractivity contribution is 0.0857. The second-order valence-electron chi connectivity index (χ2n) is 6.64. The van der Waals surface area contributed by atoms with Crippen molar-refractivity contribution in [3.05, 3.63) is 57.7 Å². The van der Waals surface area contributed by atoms with Crippen molar-refractivity contribution in [2.45, 2.75) is 12.8 Å². The molecule has 0 radical (unpaired) electrons. The first-order valence-corrected chi connectivity index (χ1v) is 9.71. The molecule has 2 amide bonds. The highest BCUT2D eigenvalue weighted by Crippen LogP contribution is 2.28. The van der Waals surface area contributed by atoms with Crippen molar-refractivity contribution in [3.8, 4) is 0 Å². The van der Waals surface area contributed by atoms with Crippen molar-refractivity contribution < 1.29 is 9.59 Å². The number of carbonyl (C=O) groups is 2. The number of hydrogen-bond donors (Lipinski definition) is 1. The maximum atomic E-state index is 12.9. The molecule has 2 N–H and O–H groups in total. The van der Waals surface area contributed by atoms with Crippen LogP contribution in [0.4, 0.5) is 16.2 Å². The minimum atomic E-state index is -0.574. The quantitative estimate of drug-likeness (QED) is 0.550. The number of primary amides is 1. The summed E-state index contributed by atoms with van der Waals surface area (Å²) in [7, 11) is 2.08. The molecule has 0 aromatic heterocycles. The monoisotopic (exact) mass is 463 g/mol. The number of rotatable bonds is 4. The van der Waals surface area contributed by atoms with Crippen LogP contribution >= 0.6 is 22.6 Å². The number of carbonyl (C=O) groups excluding carboxylic acids is 2. The molecule has 6 heteroatoms. The first-order chi connectivity index (χ1) is 12.5. The fourth-order valence-corrected chi connectivity index (χ4v) is 3.66. The molecule has 2 aromatic rings. The molecule has 0 unspecified atom stereocenters. The maximum Gasteiger partial charge on any atom is 0.323 e. The predicted octanol–water partition coefficient (Wildman–Crippen LogP) is 4.03. The number of Topliss-reactive ketones (excluding diaryl/α,β-unsaturated/α-hetero) is 1. The number of nitrogens with two attached hydrogens (primary N) is 1. The Morgan fingerprint density at radius 1 is 1.08 bits per heavy atom. The molecule has 1 saturated heterocycles. The molecule has 3 rings (SSSR count). The Balaban J connectivity index is 1.88. The normalized spacial score (nSPS) is 15.6. The van der Waals surface area contributed by atoms with Crippen LogP contribution in [0.25, 0.3) is 0 Å². The van der Waals surface area contributed by atoms with Gasteiger partial charge in [0.1, 0.15) is 0 Å². The molecule has 0 aliphatic carbocycles. The van der Waals surface area contributed by atoms with Gasteiger partial charge < -0.3 is 10.6 Å². The number of anilines is 2. The summed E-state index contributed by atoms with van der Waals surface area (Å²) in [5.41, 5.74) is 7.54. The Bertz CT molecular complexity index is 799. The third-order valence-corrected chi connectivity index (χ3v) is 5.50. The van der Waals surface area contributed by atoms with Gasteiger partial charge >= 0.3 is 6.03 Å². The van der Waals surface area contributed by atoms with Crippen LogP contribution in [0.3, 0.4) is 0 Å². The number of halogens is 1. The predicted molar refractivity (Wildman–Crippen MR) is 112 cm³/mol. The smallest absolute Gasteiger partial charge is 0.323 e. The molecule has 0 bridgehead atoms. The van der Waals surface area contributed by atoms with E-state index in [0.29, 0.717) is 16.9 Å². The first kappa shape index (κ1) is 18.8. The van der Waals surface area contributed by atoms with Gasteiger partial charge in [-0.2, -0.15) is 0 Å². The highest BCUT2D eigenvalue weighted by molar-refractivity contribution is 14.1. The second-order valence-corrected chi connectivity index (χ2v) is 7.89. The third-order valence-electron chi connectivity index (χ3n) is 4.78. The van der Waals surface area contributed by atoms with Gasteiger partial charge in [0.2, 0.25) is 0 Å². The second kappa shape index (κ2) is 8.18. The number of nitrogens with zero attached hydrogens (tertiary/aromatic N) is 2. The van der Waals surface area contributed by atoms with Gasteiger partial charge in [-0.15, -0.1) is 0 Å². The summed E-state index contributed by atoms with van der Waals surface area (Å²) in [5, 5.41) is 0. The van der Waals surface area contributed by atoms with E-state index in [4.69, 9.17) is 5.73 Å². The van der Waals surface area contributed by atoms with Crippen molar-refractivity contribution in [1.82, 2.24) is 4.90 Å². The van der Waals surface area contributed by atoms with E-state index in [1.165, 1.54) is 4.90 Å². The lowest BCUT2D eigenvalue weighted by Crippen LogP contribution is -2.34. The number of ketones is 1. The van der Waals surface area contributed by atoms with Crippen molar-refractivity contribution in [2.75, 3.05) is 25.0 Å². The fourth-order valence-electron chi connectivity index (χ4n) is 3.30. The summed E-state index contributed by atoms with van der Waals surface area (Å²) >= 11 is 2.21. The third kappa shape index (κ3) is 4.24. The molecule has 2 aromatic carbocycles. The molecule has 0 spiro atoms. The summed E-state index contributed by atoms with van der Waals surface area (Å²) in [4.78, 5) is 28.6. The minimum absolute atomic E-state index is 0.0433. The number of benzene rings is 2. The largest absolute Gasteiger partial charge is 0.351 e. The van der Waals surface area contributed by atoms with E-state index in [9.17, 15) is 9.59 Å². The van der Waals surface area contributed by atoms with Gasteiger partial charge in [-0.3, -0.25) is 9.69 Å². The summed E-state index contributed by atoms with van der Waals surface area (Å²) < 4.78 is 1.07. The summed E-state index contributed by atoms with van der Waals surface area (Å²) in [5.74, 6) is 0.189. The van der Waals surface area contributed by atoms with E-state index in [1.54, 1.807) is 18.2 Å². The van der Waals surface area contributed by atoms with Crippen molar-refractivity contribution in [3.63, 3.8) is 0 Å². The van der Waals surface area contributed by atoms with E-state index in [0.717, 1.165) is 29.5 Å². The lowest BCUT2D eigenvalue weighted by Gasteiger charge is -2.28. The van der Waals surface area contributed by atoms with Crippen molar-refractivity contribution >= 4 is 45.8 Å². The number of amides is 2. The minimum Gasteiger partial charge on any atom is -0.351 e. The van der Waals surface area contributed by atoms with Gasteiger partial charge in [0.05, 0.1) is 11.4 Å². The highest BCUT2D eigenvalue weighted by Gasteiger charge is 2.25. The van der Waals surface area contributed by atoms with Crippen LogP contribution < -0.4 is 10.6 Å². The Morgan fingerprint density at radius 2 is 1.73 bits per heavy atom. The van der Waals surface area contributed by atoms with Crippen molar-refractivity contribution in [2.24, 2.45) is 11.7 Å². The van der Waals surface area contributed by atoms with Gasteiger partial charge in [0, 0.05) is 15.1 Å². The van der Waals surface area contributed by atoms with Crippen LogP contribution in [-0.2, 0) is 0 Å². The fraction of sp³-hybridized carbons (Fsp3) is 0.300. The standard InChI is InChI=1S/C20H22IN3O2/c1-23-11-9-14(10-12-23)19(25)15-3-2-4-18(13-15)24(20(22)26)17-7-5-16(21)6-8-17/h2-8,13-14H,9-12H2,1H3,(H2,22,26). The average molecular weight is 463 g/mol. The molecule has 1 fully saturated rings. The molecular formula is C20H22IN3O2. The van der Waals surface area contributed by atoms with E-state index < -0.39 is 6.03 Å². The highest BCUT2D eigenvalue weighted by atomic mass is 127. The van der Waals surface area contributed by atoms with Gasteiger partial charge in [0.25, 0.3) is 0 Å². The summed E-state index contributed by atoms with van der Waals surface area (Å²) in [6, 6.07) is 14.1. The molecule has 1 aliphatic heterocycles. The summed E-state index contributed by atoms with van der Waals surface area (Å²) in [6.45, 7) is 1.87. The zero-order chi connectivity index (χ0) is 18.7. The van der Waals surface area contributed by atoms with Crippen LogP contribution in [0.5, 0.6) is 0 Å². The van der Waals surface area contributed by atoms with E-state index in [1.807, 2.05) is 30.3 Å². The molecule has 5 nitrogen and oxygen atoms in total. The number of likely N-dealkylation sites (tertiary alicyclic amines) is 1. The Labute approximate surface area is 167 Å². The zero-order valence-corrected chi connectivity index (χ0v) is 16.8. The van der Waals surface area contributed by atoms with Crippen molar-refractivity contribution in [1.29, 1.82) is 0 Å². The molecule has 26 heavy (non-hydrogen) atoms. The first-order valence-electron chi connectivity index (χ1n) is 8.63. The van der Waals surface area contributed by atoms with Crippen LogP contribution in [0.15, 0.2) is 48.5 Å². The molecule has 0 atom stereocenters. The molecule has 1 aliphatic rings. The van der Waals surface area contributed by atoms with E-state index >= 15 is 0 Å². The Morgan fingerprint density at radius 3 is 2.35 bits per heavy atom. The van der Waals surface area contributed by atoms with Crippen LogP contribution in [-0.4, -0.2) is 36.9 Å². The molecule has 136 valence electrons. The SMILES string of the molecule is CN1CCC(C(=O)c2cccc(N(C(N)=O)c3ccc(I)cc3)c2)CC1. The maximum absolute atomic E-state index is 12.9. The van der Waals surface area contributed by atoms with Crippen LogP contribution in [0.2, 0.25) is 0 Å². The number of urea groups is 1. The molecule has 0 saturated carbocycles. The molecular weight excluding hydrogens is 441 g/mol. The van der Waals surface area contributed by atoms with Gasteiger partial charge in [-0.05, 0) is 92.0 Å². The molecule has 1 heterocycles. The van der Waals surface area contributed by atoms with E-state index in [2.05, 4.69) is 34.5 Å². The van der Waals surface area contributed by atoms with Gasteiger partial charge in [-0.1, -0.05) is 12.1 Å². The van der Waals surface area contributed by atoms with Crippen LogP contribution in [0.1, 0.15) is 23.2 Å². The Hall–Kier alpha value is -1.93.